The topological polar surface area (TPSA) is 3.24 Å². The van der Waals surface area contributed by atoms with Gasteiger partial charge in [0, 0.05) is 32.8 Å². The van der Waals surface area contributed by atoms with Crippen LogP contribution in [0.15, 0.2) is 191 Å². The second-order valence-electron chi connectivity index (χ2n) is 12.7. The number of fused-ring (bicyclic) bond motifs is 1. The zero-order valence-corrected chi connectivity index (χ0v) is 27.9. The lowest BCUT2D eigenvalue weighted by molar-refractivity contribution is 0.539. The van der Waals surface area contributed by atoms with Crippen LogP contribution in [0.2, 0.25) is 0 Å². The van der Waals surface area contributed by atoms with E-state index in [9.17, 15) is 0 Å². The van der Waals surface area contributed by atoms with Gasteiger partial charge in [-0.1, -0.05) is 148 Å². The van der Waals surface area contributed by atoms with Gasteiger partial charge in [0.25, 0.3) is 0 Å². The standard InChI is InChI=1S/C45H39NS/c1-5-41-40(44-42(45(41,3)4)29-20-32(2)39-18-12-13-19-43(39)47-44)30-31-46(37-25-21-35(22-26-37)33-14-8-6-9-15-33)38-27-23-36(24-28-38)34-16-10-7-11-17-34/h5-19,21-28,30-31H,1-2,20,29H2,3-4H3/b31-30-. The van der Waals surface area contributed by atoms with Gasteiger partial charge in [-0.15, -0.1) is 0 Å². The van der Waals surface area contributed by atoms with Gasteiger partial charge < -0.3 is 4.90 Å². The first-order valence-electron chi connectivity index (χ1n) is 16.3. The highest BCUT2D eigenvalue weighted by molar-refractivity contribution is 8.03. The Morgan fingerprint density at radius 3 is 1.70 bits per heavy atom. The average molecular weight is 626 g/mol. The first kappa shape index (κ1) is 30.6. The number of anilines is 2. The number of benzene rings is 5. The minimum atomic E-state index is -0.115. The fourth-order valence-electron chi connectivity index (χ4n) is 6.87. The third-order valence-electron chi connectivity index (χ3n) is 9.49. The van der Waals surface area contributed by atoms with Gasteiger partial charge in [-0.2, -0.15) is 0 Å². The van der Waals surface area contributed by atoms with Crippen LogP contribution in [0.1, 0.15) is 32.3 Å². The molecule has 230 valence electrons. The van der Waals surface area contributed by atoms with E-state index in [1.54, 1.807) is 0 Å². The van der Waals surface area contributed by atoms with Crippen LogP contribution in [0.5, 0.6) is 0 Å². The monoisotopic (exact) mass is 625 g/mol. The fourth-order valence-corrected chi connectivity index (χ4v) is 8.33. The molecule has 0 N–H and O–H groups in total. The molecule has 0 spiro atoms. The normalized spacial score (nSPS) is 15.7. The Kier molecular flexibility index (Phi) is 8.45. The molecule has 5 aromatic rings. The summed E-state index contributed by atoms with van der Waals surface area (Å²) in [5.74, 6) is 0. The van der Waals surface area contributed by atoms with Crippen molar-refractivity contribution in [3.05, 3.63) is 192 Å². The van der Waals surface area contributed by atoms with Gasteiger partial charge in [-0.3, -0.25) is 0 Å². The van der Waals surface area contributed by atoms with Crippen molar-refractivity contribution in [3.63, 3.8) is 0 Å². The molecule has 0 saturated heterocycles. The van der Waals surface area contributed by atoms with Gasteiger partial charge in [0.05, 0.1) is 0 Å². The van der Waals surface area contributed by atoms with E-state index in [0.29, 0.717) is 0 Å². The molecule has 7 rings (SSSR count). The second-order valence-corrected chi connectivity index (χ2v) is 13.7. The van der Waals surface area contributed by atoms with Gasteiger partial charge in [-0.05, 0) is 99.4 Å². The Morgan fingerprint density at radius 1 is 0.638 bits per heavy atom. The molecule has 0 fully saturated rings. The number of hydrogen-bond acceptors (Lipinski definition) is 2. The predicted octanol–water partition coefficient (Wildman–Crippen LogP) is 13.0. The van der Waals surface area contributed by atoms with Crippen LogP contribution in [0.3, 0.4) is 0 Å². The SMILES string of the molecule is C=CC1=C(/C=C\N(c2ccc(-c3ccccc3)cc2)c2ccc(-c3ccccc3)cc2)C2=C(CCC(=C)c3ccccc3S2)C1(C)C. The molecule has 2 aliphatic rings. The van der Waals surface area contributed by atoms with Crippen LogP contribution < -0.4 is 4.90 Å². The minimum Gasteiger partial charge on any atom is -0.317 e. The molecular weight excluding hydrogens is 587 g/mol. The lowest BCUT2D eigenvalue weighted by Gasteiger charge is -2.27. The van der Waals surface area contributed by atoms with Crippen molar-refractivity contribution >= 4 is 28.7 Å². The molecule has 1 aliphatic heterocycles. The number of nitrogens with zero attached hydrogens (tertiary/aromatic N) is 1. The van der Waals surface area contributed by atoms with E-state index in [4.69, 9.17) is 0 Å². The maximum absolute atomic E-state index is 4.46. The molecule has 5 aromatic carbocycles. The van der Waals surface area contributed by atoms with Gasteiger partial charge in [0.15, 0.2) is 0 Å². The van der Waals surface area contributed by atoms with Crippen molar-refractivity contribution < 1.29 is 0 Å². The van der Waals surface area contributed by atoms with Crippen LogP contribution in [0, 0.1) is 5.41 Å². The maximum atomic E-state index is 4.46. The first-order valence-corrected chi connectivity index (χ1v) is 17.1. The molecule has 0 atom stereocenters. The molecule has 0 saturated carbocycles. The van der Waals surface area contributed by atoms with Crippen molar-refractivity contribution in [2.75, 3.05) is 4.90 Å². The molecule has 47 heavy (non-hydrogen) atoms. The maximum Gasteiger partial charge on any atom is 0.0455 e. The Bertz CT molecular complexity index is 1940. The lowest BCUT2D eigenvalue weighted by Crippen LogP contribution is -2.14. The molecule has 1 aliphatic carbocycles. The van der Waals surface area contributed by atoms with Crippen LogP contribution in [-0.2, 0) is 0 Å². The number of allylic oxidation sites excluding steroid dienone is 6. The summed E-state index contributed by atoms with van der Waals surface area (Å²) in [5.41, 5.74) is 13.4. The predicted molar refractivity (Wildman–Crippen MR) is 204 cm³/mol. The zero-order chi connectivity index (χ0) is 32.4. The van der Waals surface area contributed by atoms with E-state index < -0.39 is 0 Å². The van der Waals surface area contributed by atoms with E-state index in [1.807, 2.05) is 11.8 Å². The Morgan fingerprint density at radius 2 is 1.15 bits per heavy atom. The molecule has 2 heteroatoms. The Hall–Kier alpha value is -5.05. The highest BCUT2D eigenvalue weighted by Crippen LogP contribution is 2.56. The summed E-state index contributed by atoms with van der Waals surface area (Å²) in [7, 11) is 0. The molecule has 0 bridgehead atoms. The van der Waals surface area contributed by atoms with Gasteiger partial charge in [0.2, 0.25) is 0 Å². The van der Waals surface area contributed by atoms with Crippen LogP contribution in [0.25, 0.3) is 27.8 Å². The third-order valence-corrected chi connectivity index (χ3v) is 10.7. The molecule has 1 nitrogen and oxygen atoms in total. The van der Waals surface area contributed by atoms with Gasteiger partial charge in [0.1, 0.15) is 0 Å². The van der Waals surface area contributed by atoms with Gasteiger partial charge in [-0.25, -0.2) is 0 Å². The summed E-state index contributed by atoms with van der Waals surface area (Å²) in [6.45, 7) is 13.5. The van der Waals surface area contributed by atoms with Crippen LogP contribution >= 0.6 is 11.8 Å². The largest absolute Gasteiger partial charge is 0.317 e. The number of rotatable bonds is 7. The molecule has 0 unspecified atom stereocenters. The summed E-state index contributed by atoms with van der Waals surface area (Å²) in [6.07, 6.45) is 8.56. The highest BCUT2D eigenvalue weighted by Gasteiger charge is 2.38. The molecule has 0 radical (unpaired) electrons. The van der Waals surface area contributed by atoms with Crippen molar-refractivity contribution in [1.29, 1.82) is 0 Å². The van der Waals surface area contributed by atoms with Gasteiger partial charge >= 0.3 is 0 Å². The van der Waals surface area contributed by atoms with E-state index in [0.717, 1.165) is 24.2 Å². The minimum absolute atomic E-state index is 0.115. The zero-order valence-electron chi connectivity index (χ0n) is 27.1. The average Bonchev–Trinajstić information content (AvgIpc) is 3.31. The second kappa shape index (κ2) is 13.0. The summed E-state index contributed by atoms with van der Waals surface area (Å²) < 4.78 is 0. The van der Waals surface area contributed by atoms with E-state index >= 15 is 0 Å². The molecule has 0 amide bonds. The van der Waals surface area contributed by atoms with Crippen molar-refractivity contribution in [3.8, 4) is 22.3 Å². The fraction of sp³-hybridized carbons (Fsp3) is 0.111. The van der Waals surface area contributed by atoms with Crippen LogP contribution in [0.4, 0.5) is 11.4 Å². The van der Waals surface area contributed by atoms with E-state index in [2.05, 4.69) is 184 Å². The summed E-state index contributed by atoms with van der Waals surface area (Å²) in [5, 5.41) is 0. The van der Waals surface area contributed by atoms with E-state index in [1.165, 1.54) is 59.9 Å². The first-order chi connectivity index (χ1) is 22.9. The summed E-state index contributed by atoms with van der Waals surface area (Å²) >= 11 is 1.88. The summed E-state index contributed by atoms with van der Waals surface area (Å²) in [4.78, 5) is 4.91. The van der Waals surface area contributed by atoms with Crippen LogP contribution in [-0.4, -0.2) is 0 Å². The van der Waals surface area contributed by atoms with Crippen molar-refractivity contribution in [2.45, 2.75) is 31.6 Å². The quantitative estimate of drug-likeness (QED) is 0.177. The Balaban J connectivity index is 1.31. The smallest absolute Gasteiger partial charge is 0.0455 e. The van der Waals surface area contributed by atoms with Crippen molar-refractivity contribution in [1.82, 2.24) is 0 Å². The lowest BCUT2D eigenvalue weighted by atomic mass is 9.78. The molecular formula is C45H39NS. The van der Waals surface area contributed by atoms with E-state index in [-0.39, 0.29) is 5.41 Å². The summed E-state index contributed by atoms with van der Waals surface area (Å²) in [6, 6.07) is 47.5. The van der Waals surface area contributed by atoms with Crippen molar-refractivity contribution in [2.24, 2.45) is 5.41 Å². The Labute approximate surface area is 284 Å². The third kappa shape index (κ3) is 5.98. The molecule has 0 aromatic heterocycles. The molecule has 1 heterocycles. The highest BCUT2D eigenvalue weighted by atomic mass is 32.2. The number of hydrogen-bond donors (Lipinski definition) is 0. The number of thioether (sulfide) groups is 1.